The highest BCUT2D eigenvalue weighted by Gasteiger charge is 2.22. The summed E-state index contributed by atoms with van der Waals surface area (Å²) in [4.78, 5) is 0. The Morgan fingerprint density at radius 1 is 1.23 bits per heavy atom. The molecule has 1 aromatic rings. The van der Waals surface area contributed by atoms with E-state index in [4.69, 9.17) is 22.1 Å². The third-order valence-corrected chi connectivity index (χ3v) is 4.88. The number of benzene rings is 1. The van der Waals surface area contributed by atoms with Crippen LogP contribution in [0.25, 0.3) is 0 Å². The summed E-state index contributed by atoms with van der Waals surface area (Å²) in [6, 6.07) is 4.35. The molecule has 0 radical (unpaired) electrons. The molecular weight excluding hydrogens is 294 g/mol. The van der Waals surface area contributed by atoms with Crippen LogP contribution in [0.15, 0.2) is 12.1 Å². The fourth-order valence-electron chi connectivity index (χ4n) is 3.35. The zero-order chi connectivity index (χ0) is 15.9. The molecule has 0 aliphatic heterocycles. The molecule has 0 spiro atoms. The summed E-state index contributed by atoms with van der Waals surface area (Å²) < 4.78 is 6.16. The lowest BCUT2D eigenvalue weighted by molar-refractivity contribution is 0.304. The maximum atomic E-state index is 6.41. The summed E-state index contributed by atoms with van der Waals surface area (Å²) in [7, 11) is 0. The molecule has 0 heterocycles. The second-order valence-electron chi connectivity index (χ2n) is 6.54. The first kappa shape index (κ1) is 17.6. The molecule has 22 heavy (non-hydrogen) atoms. The van der Waals surface area contributed by atoms with Gasteiger partial charge in [0.2, 0.25) is 0 Å². The molecule has 1 unspecified atom stereocenters. The minimum absolute atomic E-state index is 0.168. The third kappa shape index (κ3) is 4.63. The predicted octanol–water partition coefficient (Wildman–Crippen LogP) is 5.46. The summed E-state index contributed by atoms with van der Waals surface area (Å²) in [6.07, 6.45) is 9.32. The zero-order valence-corrected chi connectivity index (χ0v) is 14.8. The van der Waals surface area contributed by atoms with Crippen molar-refractivity contribution in [1.82, 2.24) is 0 Å². The van der Waals surface area contributed by atoms with Gasteiger partial charge in [-0.15, -0.1) is 0 Å². The Labute approximate surface area is 140 Å². The molecular formula is C19H30ClNO. The van der Waals surface area contributed by atoms with E-state index in [9.17, 15) is 0 Å². The molecule has 1 aliphatic carbocycles. The molecule has 2 N–H and O–H groups in total. The molecule has 2 nitrogen and oxygen atoms in total. The van der Waals surface area contributed by atoms with Crippen molar-refractivity contribution >= 4 is 11.6 Å². The second kappa shape index (κ2) is 8.79. The average molecular weight is 324 g/mol. The van der Waals surface area contributed by atoms with Crippen LogP contribution in [-0.4, -0.2) is 12.6 Å². The van der Waals surface area contributed by atoms with Crippen molar-refractivity contribution in [2.45, 2.75) is 77.2 Å². The van der Waals surface area contributed by atoms with E-state index in [1.54, 1.807) is 0 Å². The van der Waals surface area contributed by atoms with Gasteiger partial charge in [0.15, 0.2) is 0 Å². The van der Waals surface area contributed by atoms with Gasteiger partial charge in [0.25, 0.3) is 0 Å². The van der Waals surface area contributed by atoms with Crippen LogP contribution < -0.4 is 10.5 Å². The normalized spacial score (nSPS) is 17.5. The lowest BCUT2D eigenvalue weighted by Gasteiger charge is -2.26. The van der Waals surface area contributed by atoms with E-state index in [0.29, 0.717) is 5.92 Å². The van der Waals surface area contributed by atoms with Crippen molar-refractivity contribution in [2.75, 3.05) is 6.61 Å². The Bertz CT molecular complexity index is 469. The highest BCUT2D eigenvalue weighted by atomic mass is 35.5. The van der Waals surface area contributed by atoms with Crippen molar-refractivity contribution in [3.05, 3.63) is 28.3 Å². The van der Waals surface area contributed by atoms with Gasteiger partial charge in [-0.25, -0.2) is 0 Å². The second-order valence-corrected chi connectivity index (χ2v) is 6.98. The molecule has 0 aromatic heterocycles. The quantitative estimate of drug-likeness (QED) is 0.723. The number of rotatable bonds is 7. The van der Waals surface area contributed by atoms with E-state index < -0.39 is 0 Å². The Morgan fingerprint density at radius 2 is 1.95 bits per heavy atom. The number of hydrogen-bond acceptors (Lipinski definition) is 2. The maximum absolute atomic E-state index is 6.41. The standard InChI is InChI=1S/C19H30ClNO/c1-3-10-22-19-15(12-17(21)4-2)11-16(20)13-18(19)14-8-6-5-7-9-14/h11,13-14,17H,3-10,12,21H2,1-2H3. The van der Waals surface area contributed by atoms with Gasteiger partial charge in [-0.1, -0.05) is 44.7 Å². The molecule has 0 amide bonds. The number of halogens is 1. The summed E-state index contributed by atoms with van der Waals surface area (Å²) in [5.74, 6) is 1.66. The van der Waals surface area contributed by atoms with E-state index in [1.807, 2.05) is 6.07 Å². The summed E-state index contributed by atoms with van der Waals surface area (Å²) in [5, 5.41) is 0.822. The van der Waals surface area contributed by atoms with E-state index in [1.165, 1.54) is 43.2 Å². The molecule has 1 fully saturated rings. The molecule has 0 saturated heterocycles. The van der Waals surface area contributed by atoms with Gasteiger partial charge >= 0.3 is 0 Å². The smallest absolute Gasteiger partial charge is 0.126 e. The largest absolute Gasteiger partial charge is 0.493 e. The molecule has 1 aliphatic rings. The Hall–Kier alpha value is -0.730. The number of ether oxygens (including phenoxy) is 1. The summed E-state index contributed by atoms with van der Waals surface area (Å²) in [6.45, 7) is 5.03. The maximum Gasteiger partial charge on any atom is 0.126 e. The van der Waals surface area contributed by atoms with Crippen LogP contribution in [0.3, 0.4) is 0 Å². The van der Waals surface area contributed by atoms with E-state index in [0.717, 1.165) is 36.6 Å². The van der Waals surface area contributed by atoms with Crippen LogP contribution >= 0.6 is 11.6 Å². The Morgan fingerprint density at radius 3 is 2.59 bits per heavy atom. The van der Waals surface area contributed by atoms with Crippen molar-refractivity contribution in [1.29, 1.82) is 0 Å². The zero-order valence-electron chi connectivity index (χ0n) is 14.0. The summed E-state index contributed by atoms with van der Waals surface area (Å²) in [5.41, 5.74) is 8.69. The van der Waals surface area contributed by atoms with Gasteiger partial charge < -0.3 is 10.5 Å². The van der Waals surface area contributed by atoms with Gasteiger partial charge in [-0.3, -0.25) is 0 Å². The topological polar surface area (TPSA) is 35.2 Å². The fourth-order valence-corrected chi connectivity index (χ4v) is 3.60. The van der Waals surface area contributed by atoms with E-state index in [-0.39, 0.29) is 6.04 Å². The fraction of sp³-hybridized carbons (Fsp3) is 0.684. The highest BCUT2D eigenvalue weighted by Crippen LogP contribution is 2.41. The average Bonchev–Trinajstić information content (AvgIpc) is 2.54. The van der Waals surface area contributed by atoms with Crippen LogP contribution in [0.1, 0.15) is 75.8 Å². The Balaban J connectivity index is 2.35. The van der Waals surface area contributed by atoms with E-state index in [2.05, 4.69) is 19.9 Å². The van der Waals surface area contributed by atoms with Gasteiger partial charge in [0.1, 0.15) is 5.75 Å². The molecule has 1 atom stereocenters. The molecule has 3 heteroatoms. The van der Waals surface area contributed by atoms with Gasteiger partial charge in [-0.2, -0.15) is 0 Å². The monoisotopic (exact) mass is 323 g/mol. The molecule has 1 saturated carbocycles. The Kier molecular flexibility index (Phi) is 7.04. The van der Waals surface area contributed by atoms with Gasteiger partial charge in [0.05, 0.1) is 6.61 Å². The van der Waals surface area contributed by atoms with Crippen molar-refractivity contribution < 1.29 is 4.74 Å². The van der Waals surface area contributed by atoms with Crippen molar-refractivity contribution in [3.8, 4) is 5.75 Å². The lowest BCUT2D eigenvalue weighted by Crippen LogP contribution is -2.22. The SMILES string of the molecule is CCCOc1c(CC(N)CC)cc(Cl)cc1C1CCCCC1. The predicted molar refractivity (Wildman–Crippen MR) is 95.0 cm³/mol. The van der Waals surface area contributed by atoms with Crippen LogP contribution in [0.4, 0.5) is 0 Å². The van der Waals surface area contributed by atoms with E-state index >= 15 is 0 Å². The van der Waals surface area contributed by atoms with Crippen LogP contribution in [0.5, 0.6) is 5.75 Å². The third-order valence-electron chi connectivity index (χ3n) is 4.66. The van der Waals surface area contributed by atoms with Crippen molar-refractivity contribution in [2.24, 2.45) is 5.73 Å². The first-order valence-corrected chi connectivity index (χ1v) is 9.24. The van der Waals surface area contributed by atoms with Crippen LogP contribution in [0, 0.1) is 0 Å². The number of hydrogen-bond donors (Lipinski definition) is 1. The van der Waals surface area contributed by atoms with Gasteiger partial charge in [-0.05, 0) is 61.3 Å². The minimum Gasteiger partial charge on any atom is -0.493 e. The van der Waals surface area contributed by atoms with Crippen LogP contribution in [0.2, 0.25) is 5.02 Å². The molecule has 0 bridgehead atoms. The molecule has 124 valence electrons. The lowest BCUT2D eigenvalue weighted by atomic mass is 9.82. The molecule has 1 aromatic carbocycles. The van der Waals surface area contributed by atoms with Gasteiger partial charge in [0, 0.05) is 11.1 Å². The first-order valence-electron chi connectivity index (χ1n) is 8.86. The number of nitrogens with two attached hydrogens (primary N) is 1. The van der Waals surface area contributed by atoms with Crippen LogP contribution in [-0.2, 0) is 6.42 Å². The summed E-state index contributed by atoms with van der Waals surface area (Å²) >= 11 is 6.41. The molecule has 2 rings (SSSR count). The first-order chi connectivity index (χ1) is 10.7. The minimum atomic E-state index is 0.168. The van der Waals surface area contributed by atoms with Crippen molar-refractivity contribution in [3.63, 3.8) is 0 Å². The highest BCUT2D eigenvalue weighted by molar-refractivity contribution is 6.30.